The molecule has 0 radical (unpaired) electrons. The van der Waals surface area contributed by atoms with E-state index in [2.05, 4.69) is 15.0 Å². The summed E-state index contributed by atoms with van der Waals surface area (Å²) < 4.78 is 6.39. The van der Waals surface area contributed by atoms with E-state index in [0.29, 0.717) is 6.54 Å². The third-order valence-corrected chi connectivity index (χ3v) is 3.01. The molecule has 0 atom stereocenters. The maximum absolute atomic E-state index is 11.6. The third-order valence-electron chi connectivity index (χ3n) is 3.01. The molecule has 0 unspecified atom stereocenters. The molecule has 1 amide bonds. The standard InChI is InChI=1S/C15H17N3O3/c1-21-15(20)7-6-14(19)17-10-12-2-4-13(5-3-12)18-9-8-16-11-18/h2-5,8-9,11H,6-7,10H2,1H3,(H,17,19). The number of hydrogen-bond acceptors (Lipinski definition) is 4. The summed E-state index contributed by atoms with van der Waals surface area (Å²) in [5, 5.41) is 2.77. The molecule has 2 rings (SSSR count). The molecule has 0 aliphatic carbocycles. The number of nitrogens with zero attached hydrogens (tertiary/aromatic N) is 2. The molecule has 0 saturated carbocycles. The molecular weight excluding hydrogens is 270 g/mol. The largest absolute Gasteiger partial charge is 0.469 e. The minimum Gasteiger partial charge on any atom is -0.469 e. The zero-order valence-corrected chi connectivity index (χ0v) is 11.8. The van der Waals surface area contributed by atoms with Gasteiger partial charge in [0.25, 0.3) is 0 Å². The van der Waals surface area contributed by atoms with Gasteiger partial charge in [-0.2, -0.15) is 0 Å². The first kappa shape index (κ1) is 14.8. The van der Waals surface area contributed by atoms with Gasteiger partial charge in [-0.15, -0.1) is 0 Å². The number of rotatable bonds is 6. The van der Waals surface area contributed by atoms with Gasteiger partial charge >= 0.3 is 5.97 Å². The van der Waals surface area contributed by atoms with Crippen LogP contribution >= 0.6 is 0 Å². The first-order valence-corrected chi connectivity index (χ1v) is 6.60. The lowest BCUT2D eigenvalue weighted by Crippen LogP contribution is -2.23. The molecule has 0 aliphatic rings. The highest BCUT2D eigenvalue weighted by Gasteiger charge is 2.06. The minimum atomic E-state index is -0.380. The normalized spacial score (nSPS) is 10.1. The highest BCUT2D eigenvalue weighted by atomic mass is 16.5. The summed E-state index contributed by atoms with van der Waals surface area (Å²) >= 11 is 0. The van der Waals surface area contributed by atoms with Crippen molar-refractivity contribution in [2.45, 2.75) is 19.4 Å². The van der Waals surface area contributed by atoms with Crippen molar-refractivity contribution in [2.75, 3.05) is 7.11 Å². The Morgan fingerprint density at radius 2 is 2.00 bits per heavy atom. The predicted octanol–water partition coefficient (Wildman–Crippen LogP) is 1.44. The molecule has 21 heavy (non-hydrogen) atoms. The second kappa shape index (κ2) is 7.23. The van der Waals surface area contributed by atoms with Gasteiger partial charge in [0.15, 0.2) is 0 Å². The van der Waals surface area contributed by atoms with Gasteiger partial charge < -0.3 is 14.6 Å². The van der Waals surface area contributed by atoms with E-state index in [1.54, 1.807) is 12.5 Å². The smallest absolute Gasteiger partial charge is 0.306 e. The number of methoxy groups -OCH3 is 1. The Morgan fingerprint density at radius 3 is 2.62 bits per heavy atom. The molecule has 6 nitrogen and oxygen atoms in total. The van der Waals surface area contributed by atoms with Gasteiger partial charge in [0, 0.05) is 31.0 Å². The van der Waals surface area contributed by atoms with E-state index in [1.807, 2.05) is 35.0 Å². The van der Waals surface area contributed by atoms with Crippen molar-refractivity contribution < 1.29 is 14.3 Å². The highest BCUT2D eigenvalue weighted by Crippen LogP contribution is 2.09. The average molecular weight is 287 g/mol. The number of carbonyl (C=O) groups excluding carboxylic acids is 2. The van der Waals surface area contributed by atoms with Crippen LogP contribution < -0.4 is 5.32 Å². The van der Waals surface area contributed by atoms with Crippen LogP contribution in [-0.4, -0.2) is 28.5 Å². The van der Waals surface area contributed by atoms with Gasteiger partial charge in [-0.3, -0.25) is 9.59 Å². The summed E-state index contributed by atoms with van der Waals surface area (Å²) in [6.07, 6.45) is 5.55. The molecule has 1 aromatic heterocycles. The molecular formula is C15H17N3O3. The van der Waals surface area contributed by atoms with Crippen LogP contribution in [0.3, 0.4) is 0 Å². The van der Waals surface area contributed by atoms with Crippen molar-refractivity contribution in [2.24, 2.45) is 0 Å². The number of benzene rings is 1. The number of ether oxygens (including phenoxy) is 1. The van der Waals surface area contributed by atoms with Crippen LogP contribution in [0.25, 0.3) is 5.69 Å². The van der Waals surface area contributed by atoms with Crippen LogP contribution in [0.5, 0.6) is 0 Å². The van der Waals surface area contributed by atoms with Crippen molar-refractivity contribution in [1.82, 2.24) is 14.9 Å². The van der Waals surface area contributed by atoms with Crippen LogP contribution in [0.1, 0.15) is 18.4 Å². The fraction of sp³-hybridized carbons (Fsp3) is 0.267. The Morgan fingerprint density at radius 1 is 1.24 bits per heavy atom. The van der Waals surface area contributed by atoms with Crippen molar-refractivity contribution in [3.05, 3.63) is 48.5 Å². The fourth-order valence-corrected chi connectivity index (χ4v) is 1.80. The summed E-state index contributed by atoms with van der Waals surface area (Å²) in [6, 6.07) is 7.79. The highest BCUT2D eigenvalue weighted by molar-refractivity contribution is 5.81. The number of carbonyl (C=O) groups is 2. The molecule has 0 fully saturated rings. The average Bonchev–Trinajstić information content (AvgIpc) is 3.05. The summed E-state index contributed by atoms with van der Waals surface area (Å²) in [6.45, 7) is 0.435. The van der Waals surface area contributed by atoms with Crippen LogP contribution in [-0.2, 0) is 20.9 Å². The molecule has 1 N–H and O–H groups in total. The van der Waals surface area contributed by atoms with Gasteiger partial charge in [0.1, 0.15) is 0 Å². The van der Waals surface area contributed by atoms with Gasteiger partial charge in [-0.05, 0) is 17.7 Å². The maximum atomic E-state index is 11.6. The summed E-state index contributed by atoms with van der Waals surface area (Å²) in [4.78, 5) is 26.5. The van der Waals surface area contributed by atoms with Gasteiger partial charge in [0.05, 0.1) is 19.9 Å². The lowest BCUT2D eigenvalue weighted by Gasteiger charge is -2.07. The summed E-state index contributed by atoms with van der Waals surface area (Å²) in [5.74, 6) is -0.547. The zero-order valence-electron chi connectivity index (χ0n) is 11.8. The SMILES string of the molecule is COC(=O)CCC(=O)NCc1ccc(-n2ccnc2)cc1. The fourth-order valence-electron chi connectivity index (χ4n) is 1.80. The van der Waals surface area contributed by atoms with E-state index in [9.17, 15) is 9.59 Å². The van der Waals surface area contributed by atoms with Crippen LogP contribution in [0, 0.1) is 0 Å². The number of hydrogen-bond donors (Lipinski definition) is 1. The molecule has 1 aromatic carbocycles. The van der Waals surface area contributed by atoms with E-state index in [-0.39, 0.29) is 24.7 Å². The minimum absolute atomic E-state index is 0.0991. The topological polar surface area (TPSA) is 73.2 Å². The molecule has 2 aromatic rings. The Bertz CT molecular complexity index is 591. The molecule has 0 aliphatic heterocycles. The third kappa shape index (κ3) is 4.45. The van der Waals surface area contributed by atoms with Crippen molar-refractivity contribution in [3.63, 3.8) is 0 Å². The van der Waals surface area contributed by atoms with Gasteiger partial charge in [0.2, 0.25) is 5.91 Å². The first-order chi connectivity index (χ1) is 10.2. The Kier molecular flexibility index (Phi) is 5.09. The van der Waals surface area contributed by atoms with E-state index in [4.69, 9.17) is 0 Å². The predicted molar refractivity (Wildman–Crippen MR) is 76.7 cm³/mol. The first-order valence-electron chi connectivity index (χ1n) is 6.60. The second-order valence-electron chi connectivity index (χ2n) is 4.49. The molecule has 1 heterocycles. The second-order valence-corrected chi connectivity index (χ2v) is 4.49. The van der Waals surface area contributed by atoms with E-state index in [1.165, 1.54) is 7.11 Å². The lowest BCUT2D eigenvalue weighted by molar-refractivity contribution is -0.142. The Hall–Kier alpha value is -2.63. The molecule has 0 bridgehead atoms. The van der Waals surface area contributed by atoms with Gasteiger partial charge in [-0.25, -0.2) is 4.98 Å². The van der Waals surface area contributed by atoms with Crippen molar-refractivity contribution in [3.8, 4) is 5.69 Å². The van der Waals surface area contributed by atoms with E-state index in [0.717, 1.165) is 11.3 Å². The molecule has 0 saturated heterocycles. The van der Waals surface area contributed by atoms with E-state index >= 15 is 0 Å². The monoisotopic (exact) mass is 287 g/mol. The number of imidazole rings is 1. The van der Waals surface area contributed by atoms with Crippen LogP contribution in [0.15, 0.2) is 43.0 Å². The number of amides is 1. The van der Waals surface area contributed by atoms with Crippen LogP contribution in [0.2, 0.25) is 0 Å². The molecule has 0 spiro atoms. The lowest BCUT2D eigenvalue weighted by atomic mass is 10.2. The number of nitrogens with one attached hydrogen (secondary N) is 1. The molecule has 110 valence electrons. The summed E-state index contributed by atoms with van der Waals surface area (Å²) in [7, 11) is 1.31. The maximum Gasteiger partial charge on any atom is 0.306 e. The zero-order chi connectivity index (χ0) is 15.1. The Labute approximate surface area is 122 Å². The van der Waals surface area contributed by atoms with Crippen molar-refractivity contribution in [1.29, 1.82) is 0 Å². The van der Waals surface area contributed by atoms with Crippen LogP contribution in [0.4, 0.5) is 0 Å². The quantitative estimate of drug-likeness (QED) is 0.816. The number of aromatic nitrogens is 2. The Balaban J connectivity index is 1.81. The molecule has 6 heteroatoms. The van der Waals surface area contributed by atoms with Gasteiger partial charge in [-0.1, -0.05) is 12.1 Å². The van der Waals surface area contributed by atoms with Crippen molar-refractivity contribution >= 4 is 11.9 Å². The summed E-state index contributed by atoms with van der Waals surface area (Å²) in [5.41, 5.74) is 2.00. The number of esters is 1. The van der Waals surface area contributed by atoms with E-state index < -0.39 is 0 Å².